The molecule has 0 bridgehead atoms. The number of nitrogens with one attached hydrogen (secondary N) is 1. The molecule has 204 valence electrons. The van der Waals surface area contributed by atoms with Crippen LogP contribution in [0.25, 0.3) is 0 Å². The minimum Gasteiger partial charge on any atom is -0.311 e. The Morgan fingerprint density at radius 2 is 1.38 bits per heavy atom. The zero-order chi connectivity index (χ0) is 26.6. The summed E-state index contributed by atoms with van der Waals surface area (Å²) in [6.45, 7) is 1.62. The molecule has 1 aliphatic heterocycles. The van der Waals surface area contributed by atoms with Crippen LogP contribution in [0.3, 0.4) is 0 Å². The maximum Gasteiger partial charge on any atom is 0.405 e. The summed E-state index contributed by atoms with van der Waals surface area (Å²) in [5.41, 5.74) is 2.68. The minimum absolute atomic E-state index is 0.233. The molecule has 3 nitrogen and oxygen atoms in total. The van der Waals surface area contributed by atoms with Gasteiger partial charge in [-0.05, 0) is 30.9 Å². The Kier molecular flexibility index (Phi) is 8.86. The van der Waals surface area contributed by atoms with Crippen LogP contribution < -0.4 is 5.32 Å². The Morgan fingerprint density at radius 1 is 0.811 bits per heavy atom. The van der Waals surface area contributed by atoms with Crippen LogP contribution in [0.1, 0.15) is 54.8 Å². The average Bonchev–Trinajstić information content (AvgIpc) is 2.87. The molecule has 0 aromatic heterocycles. The van der Waals surface area contributed by atoms with E-state index in [0.717, 1.165) is 22.4 Å². The van der Waals surface area contributed by atoms with E-state index in [-0.39, 0.29) is 6.54 Å². The van der Waals surface area contributed by atoms with Gasteiger partial charge in [0.1, 0.15) is 12.1 Å². The van der Waals surface area contributed by atoms with Crippen molar-refractivity contribution >= 4 is 0 Å². The van der Waals surface area contributed by atoms with Crippen molar-refractivity contribution in [2.75, 3.05) is 19.6 Å². The molecule has 2 aromatic rings. The molecule has 1 aliphatic carbocycles. The Hall–Kier alpha value is -2.10. The van der Waals surface area contributed by atoms with Crippen molar-refractivity contribution in [1.29, 1.82) is 0 Å². The van der Waals surface area contributed by atoms with Crippen LogP contribution in [0, 0.1) is 6.92 Å². The predicted molar refractivity (Wildman–Crippen MR) is 132 cm³/mol. The maximum absolute atomic E-state index is 14.4. The number of halogens is 6. The molecule has 0 radical (unpaired) electrons. The highest BCUT2D eigenvalue weighted by molar-refractivity contribution is 5.25. The summed E-state index contributed by atoms with van der Waals surface area (Å²) in [7, 11) is 0. The van der Waals surface area contributed by atoms with Crippen LogP contribution in [0.15, 0.2) is 54.6 Å². The number of aryl methyl sites for hydroxylation is 1. The fourth-order valence-corrected chi connectivity index (χ4v) is 5.81. The summed E-state index contributed by atoms with van der Waals surface area (Å²) < 4.78 is 86.5. The number of benzene rings is 2. The van der Waals surface area contributed by atoms with Crippen LogP contribution in [0.2, 0.25) is 0 Å². The molecule has 3 atom stereocenters. The molecule has 2 aromatic carbocycles. The number of piperazine rings is 1. The van der Waals surface area contributed by atoms with Crippen LogP contribution in [0.4, 0.5) is 26.3 Å². The molecular formula is C28H35F6N3. The number of nitrogens with zero attached hydrogens (tertiary/aromatic N) is 2. The predicted octanol–water partition coefficient (Wildman–Crippen LogP) is 6.64. The fraction of sp³-hybridized carbons (Fsp3) is 0.571. The minimum atomic E-state index is -4.77. The van der Waals surface area contributed by atoms with Gasteiger partial charge in [0.25, 0.3) is 0 Å². The van der Waals surface area contributed by atoms with Crippen molar-refractivity contribution in [2.24, 2.45) is 0 Å². The van der Waals surface area contributed by atoms with Gasteiger partial charge in [0.15, 0.2) is 0 Å². The second kappa shape index (κ2) is 11.7. The standard InChI is InChI=1S/C28H35F6N3/c1-20-12-14-22(15-13-20)24(17-35-16-21-8-4-2-5-9-21)36-18-25(27(29,30)31)37(23-10-6-3-7-11-23)26(19-36)28(32,33)34/h2,4-5,8-9,12-15,23-26,35H,3,6-7,10-11,16-19H2,1H3. The van der Waals surface area contributed by atoms with E-state index in [1.807, 2.05) is 61.5 Å². The quantitative estimate of drug-likeness (QED) is 0.408. The first-order chi connectivity index (χ1) is 17.5. The monoisotopic (exact) mass is 527 g/mol. The van der Waals surface area contributed by atoms with Crippen molar-refractivity contribution in [3.63, 3.8) is 0 Å². The summed E-state index contributed by atoms with van der Waals surface area (Å²) in [6, 6.07) is 11.2. The highest BCUT2D eigenvalue weighted by atomic mass is 19.4. The first kappa shape index (κ1) is 27.9. The first-order valence-electron chi connectivity index (χ1n) is 13.0. The van der Waals surface area contributed by atoms with E-state index in [4.69, 9.17) is 0 Å². The summed E-state index contributed by atoms with van der Waals surface area (Å²) in [4.78, 5) is 2.18. The zero-order valence-electron chi connectivity index (χ0n) is 21.0. The maximum atomic E-state index is 14.4. The molecule has 1 heterocycles. The zero-order valence-corrected chi connectivity index (χ0v) is 21.0. The van der Waals surface area contributed by atoms with Crippen molar-refractivity contribution < 1.29 is 26.3 Å². The molecule has 1 saturated carbocycles. The van der Waals surface area contributed by atoms with E-state index >= 15 is 0 Å². The largest absolute Gasteiger partial charge is 0.405 e. The van der Waals surface area contributed by atoms with E-state index in [9.17, 15) is 26.3 Å². The van der Waals surface area contributed by atoms with Gasteiger partial charge in [0.2, 0.25) is 0 Å². The topological polar surface area (TPSA) is 18.5 Å². The van der Waals surface area contributed by atoms with E-state index < -0.39 is 49.6 Å². The van der Waals surface area contributed by atoms with E-state index in [2.05, 4.69) is 5.32 Å². The van der Waals surface area contributed by atoms with E-state index in [1.54, 1.807) is 0 Å². The van der Waals surface area contributed by atoms with Crippen LogP contribution >= 0.6 is 0 Å². The molecule has 0 amide bonds. The van der Waals surface area contributed by atoms with Gasteiger partial charge in [-0.2, -0.15) is 26.3 Å². The molecule has 1 saturated heterocycles. The summed E-state index contributed by atoms with van der Waals surface area (Å²) in [6.07, 6.45) is -6.61. The number of hydrogen-bond donors (Lipinski definition) is 1. The van der Waals surface area contributed by atoms with Crippen molar-refractivity contribution in [1.82, 2.24) is 15.1 Å². The Morgan fingerprint density at radius 3 is 1.92 bits per heavy atom. The van der Waals surface area contributed by atoms with Gasteiger partial charge in [-0.15, -0.1) is 0 Å². The lowest BCUT2D eigenvalue weighted by Gasteiger charge is -2.53. The van der Waals surface area contributed by atoms with Gasteiger partial charge in [-0.3, -0.25) is 9.80 Å². The number of rotatable bonds is 7. The van der Waals surface area contributed by atoms with Gasteiger partial charge >= 0.3 is 12.4 Å². The molecule has 2 aliphatic rings. The summed E-state index contributed by atoms with van der Waals surface area (Å²) in [5, 5.41) is 3.28. The molecule has 1 N–H and O–H groups in total. The van der Waals surface area contributed by atoms with Crippen molar-refractivity contribution in [3.05, 3.63) is 71.3 Å². The Balaban J connectivity index is 1.64. The van der Waals surface area contributed by atoms with Crippen molar-refractivity contribution in [3.8, 4) is 0 Å². The van der Waals surface area contributed by atoms with Gasteiger partial charge in [0, 0.05) is 38.3 Å². The molecule has 2 fully saturated rings. The summed E-state index contributed by atoms with van der Waals surface area (Å²) >= 11 is 0. The third kappa shape index (κ3) is 7.06. The van der Waals surface area contributed by atoms with Crippen LogP contribution in [-0.4, -0.2) is 59.9 Å². The third-order valence-corrected chi connectivity index (χ3v) is 7.70. The van der Waals surface area contributed by atoms with Crippen molar-refractivity contribution in [2.45, 2.75) is 82.1 Å². The lowest BCUT2D eigenvalue weighted by molar-refractivity contribution is -0.266. The highest BCUT2D eigenvalue weighted by Gasteiger charge is 2.58. The second-order valence-electron chi connectivity index (χ2n) is 10.4. The highest BCUT2D eigenvalue weighted by Crippen LogP contribution is 2.42. The molecule has 9 heteroatoms. The van der Waals surface area contributed by atoms with Gasteiger partial charge < -0.3 is 5.32 Å². The second-order valence-corrected chi connectivity index (χ2v) is 10.4. The Labute approximate surface area is 214 Å². The molecule has 4 rings (SSSR count). The molecule has 3 unspecified atom stereocenters. The van der Waals surface area contributed by atoms with Crippen LogP contribution in [0.5, 0.6) is 0 Å². The third-order valence-electron chi connectivity index (χ3n) is 7.70. The number of hydrogen-bond acceptors (Lipinski definition) is 3. The van der Waals surface area contributed by atoms with E-state index in [1.165, 1.54) is 4.90 Å². The smallest absolute Gasteiger partial charge is 0.311 e. The Bertz CT molecular complexity index is 946. The normalized spacial score (nSPS) is 23.8. The molecular weight excluding hydrogens is 492 g/mol. The average molecular weight is 528 g/mol. The summed E-state index contributed by atoms with van der Waals surface area (Å²) in [5.74, 6) is 0. The van der Waals surface area contributed by atoms with E-state index in [0.29, 0.717) is 37.8 Å². The van der Waals surface area contributed by atoms with Gasteiger partial charge in [-0.25, -0.2) is 0 Å². The van der Waals surface area contributed by atoms with Gasteiger partial charge in [-0.1, -0.05) is 79.4 Å². The lowest BCUT2D eigenvalue weighted by Crippen LogP contribution is -2.70. The molecule has 37 heavy (non-hydrogen) atoms. The lowest BCUT2D eigenvalue weighted by atomic mass is 9.89. The number of alkyl halides is 6. The SMILES string of the molecule is Cc1ccc(C(CNCc2ccccc2)N2CC(C(F)(F)F)N(C3CCCCC3)C(C(F)(F)F)C2)cc1. The van der Waals surface area contributed by atoms with Crippen LogP contribution in [-0.2, 0) is 6.54 Å². The first-order valence-corrected chi connectivity index (χ1v) is 13.0. The molecule has 0 spiro atoms. The fourth-order valence-electron chi connectivity index (χ4n) is 5.81. The van der Waals surface area contributed by atoms with Gasteiger partial charge in [0.05, 0.1) is 0 Å².